The van der Waals surface area contributed by atoms with Crippen LogP contribution in [0.2, 0.25) is 0 Å². The van der Waals surface area contributed by atoms with Crippen LogP contribution >= 0.6 is 27.5 Å². The molecule has 0 N–H and O–H groups in total. The molecule has 1 atom stereocenters. The van der Waals surface area contributed by atoms with Crippen LogP contribution in [-0.4, -0.2) is 22.8 Å². The summed E-state index contributed by atoms with van der Waals surface area (Å²) < 4.78 is 13.5. The summed E-state index contributed by atoms with van der Waals surface area (Å²) in [7, 11) is 0. The molecule has 1 unspecified atom stereocenters. The highest BCUT2D eigenvalue weighted by molar-refractivity contribution is 9.10. The first-order valence-electron chi connectivity index (χ1n) is 4.33. The largest absolute Gasteiger partial charge is 0.295 e. The second-order valence-electron chi connectivity index (χ2n) is 3.26. The van der Waals surface area contributed by atoms with E-state index in [2.05, 4.69) is 20.9 Å². The van der Waals surface area contributed by atoms with Crippen molar-refractivity contribution in [3.63, 3.8) is 0 Å². The zero-order valence-corrected chi connectivity index (χ0v) is 9.92. The van der Waals surface area contributed by atoms with E-state index in [4.69, 9.17) is 11.6 Å². The minimum absolute atomic E-state index is 0.121. The molecule has 1 aliphatic rings. The fraction of sp³-hybridized carbons (Fsp3) is 0.333. The maximum atomic E-state index is 13.2. The van der Waals surface area contributed by atoms with Gasteiger partial charge in [-0.05, 0) is 15.9 Å². The van der Waals surface area contributed by atoms with E-state index in [1.54, 1.807) is 0 Å². The van der Waals surface area contributed by atoms with Gasteiger partial charge in [0.25, 0.3) is 0 Å². The Morgan fingerprint density at radius 1 is 1.67 bits per heavy atom. The SMILES string of the molecule is O=C1CC(Cl)CN1c1cc(F)c(Br)cn1. The number of hydrogen-bond donors (Lipinski definition) is 0. The van der Waals surface area contributed by atoms with Crippen LogP contribution in [0.1, 0.15) is 6.42 Å². The van der Waals surface area contributed by atoms with Crippen LogP contribution < -0.4 is 4.90 Å². The molecule has 1 fully saturated rings. The number of anilines is 1. The summed E-state index contributed by atoms with van der Waals surface area (Å²) in [5, 5.41) is -0.217. The molecule has 6 heteroatoms. The van der Waals surface area contributed by atoms with Crippen molar-refractivity contribution in [1.82, 2.24) is 4.98 Å². The van der Waals surface area contributed by atoms with Gasteiger partial charge in [0.2, 0.25) is 5.91 Å². The van der Waals surface area contributed by atoms with Gasteiger partial charge >= 0.3 is 0 Å². The number of aromatic nitrogens is 1. The Hall–Kier alpha value is -0.680. The Kier molecular flexibility index (Phi) is 2.93. The molecule has 0 aliphatic carbocycles. The Labute approximate surface area is 99.4 Å². The van der Waals surface area contributed by atoms with E-state index in [0.717, 1.165) is 0 Å². The first-order valence-corrected chi connectivity index (χ1v) is 5.56. The molecule has 0 spiro atoms. The minimum atomic E-state index is -0.439. The van der Waals surface area contributed by atoms with Gasteiger partial charge in [-0.3, -0.25) is 9.69 Å². The van der Waals surface area contributed by atoms with E-state index in [1.165, 1.54) is 17.2 Å². The van der Waals surface area contributed by atoms with Crippen molar-refractivity contribution in [2.75, 3.05) is 11.4 Å². The van der Waals surface area contributed by atoms with Gasteiger partial charge < -0.3 is 0 Å². The lowest BCUT2D eigenvalue weighted by atomic mass is 10.4. The third-order valence-corrected chi connectivity index (χ3v) is 3.02. The topological polar surface area (TPSA) is 33.2 Å². The van der Waals surface area contributed by atoms with Crippen molar-refractivity contribution in [2.24, 2.45) is 0 Å². The average Bonchev–Trinajstić information content (AvgIpc) is 2.50. The van der Waals surface area contributed by atoms with E-state index in [0.29, 0.717) is 12.4 Å². The van der Waals surface area contributed by atoms with Gasteiger partial charge in [0.1, 0.15) is 11.6 Å². The molecule has 1 aromatic heterocycles. The number of halogens is 3. The molecule has 2 heterocycles. The molecule has 2 rings (SSSR count). The van der Waals surface area contributed by atoms with Crippen LogP contribution in [0.4, 0.5) is 10.2 Å². The molecule has 15 heavy (non-hydrogen) atoms. The first-order chi connectivity index (χ1) is 7.08. The van der Waals surface area contributed by atoms with Gasteiger partial charge in [0.15, 0.2) is 0 Å². The number of pyridine rings is 1. The van der Waals surface area contributed by atoms with Crippen molar-refractivity contribution in [2.45, 2.75) is 11.8 Å². The predicted octanol–water partition coefficient (Wildman–Crippen LogP) is 2.33. The standard InChI is InChI=1S/C9H7BrClFN2O/c10-6-3-13-8(2-7(6)12)14-4-5(11)1-9(14)15/h2-3,5H,1,4H2. The normalized spacial score (nSPS) is 21.1. The zero-order valence-electron chi connectivity index (χ0n) is 7.58. The minimum Gasteiger partial charge on any atom is -0.295 e. The maximum Gasteiger partial charge on any atom is 0.229 e. The summed E-state index contributed by atoms with van der Waals surface area (Å²) in [4.78, 5) is 16.8. The fourth-order valence-electron chi connectivity index (χ4n) is 1.44. The fourth-order valence-corrected chi connectivity index (χ4v) is 1.92. The monoisotopic (exact) mass is 292 g/mol. The summed E-state index contributed by atoms with van der Waals surface area (Å²) in [6.45, 7) is 0.383. The summed E-state index contributed by atoms with van der Waals surface area (Å²) >= 11 is 8.83. The van der Waals surface area contributed by atoms with Gasteiger partial charge in [-0.25, -0.2) is 9.37 Å². The molecule has 0 radical (unpaired) electrons. The summed E-state index contributed by atoms with van der Waals surface area (Å²) in [5.74, 6) is -0.251. The summed E-state index contributed by atoms with van der Waals surface area (Å²) in [6.07, 6.45) is 1.61. The van der Waals surface area contributed by atoms with Crippen molar-refractivity contribution in [1.29, 1.82) is 0 Å². The van der Waals surface area contributed by atoms with E-state index < -0.39 is 5.82 Å². The van der Waals surface area contributed by atoms with Crippen LogP contribution in [0, 0.1) is 5.82 Å². The molecule has 80 valence electrons. The van der Waals surface area contributed by atoms with Crippen LogP contribution in [0.3, 0.4) is 0 Å². The van der Waals surface area contributed by atoms with Gasteiger partial charge in [0, 0.05) is 25.2 Å². The molecule has 1 saturated heterocycles. The molecule has 1 aliphatic heterocycles. The van der Waals surface area contributed by atoms with Crippen molar-refractivity contribution < 1.29 is 9.18 Å². The first kappa shape index (κ1) is 10.8. The number of carbonyl (C=O) groups excluding carboxylic acids is 1. The molecule has 0 aromatic carbocycles. The zero-order chi connectivity index (χ0) is 11.0. The van der Waals surface area contributed by atoms with Crippen LogP contribution in [0.25, 0.3) is 0 Å². The number of carbonyl (C=O) groups is 1. The Morgan fingerprint density at radius 2 is 2.40 bits per heavy atom. The second kappa shape index (κ2) is 4.06. The highest BCUT2D eigenvalue weighted by Crippen LogP contribution is 2.25. The summed E-state index contributed by atoms with van der Waals surface area (Å²) in [5.41, 5.74) is 0. The molecular formula is C9H7BrClFN2O. The number of alkyl halides is 1. The smallest absolute Gasteiger partial charge is 0.229 e. The quantitative estimate of drug-likeness (QED) is 0.745. The Bertz CT molecular complexity index is 415. The third kappa shape index (κ3) is 2.13. The lowest BCUT2D eigenvalue weighted by Crippen LogP contribution is -2.25. The van der Waals surface area contributed by atoms with E-state index in [1.807, 2.05) is 0 Å². The lowest BCUT2D eigenvalue weighted by molar-refractivity contribution is -0.117. The highest BCUT2D eigenvalue weighted by atomic mass is 79.9. The van der Waals surface area contributed by atoms with Gasteiger partial charge in [-0.15, -0.1) is 11.6 Å². The van der Waals surface area contributed by atoms with E-state index in [9.17, 15) is 9.18 Å². The molecule has 3 nitrogen and oxygen atoms in total. The average molecular weight is 294 g/mol. The summed E-state index contributed by atoms with van der Waals surface area (Å²) in [6, 6.07) is 1.22. The van der Waals surface area contributed by atoms with Crippen molar-refractivity contribution >= 4 is 39.3 Å². The van der Waals surface area contributed by atoms with Gasteiger partial charge in [0.05, 0.1) is 9.85 Å². The molecule has 1 amide bonds. The molecule has 0 saturated carbocycles. The van der Waals surface area contributed by atoms with E-state index >= 15 is 0 Å². The van der Waals surface area contributed by atoms with Crippen LogP contribution in [0.5, 0.6) is 0 Å². The van der Waals surface area contributed by atoms with Crippen LogP contribution in [-0.2, 0) is 4.79 Å². The number of nitrogens with zero attached hydrogens (tertiary/aromatic N) is 2. The number of hydrogen-bond acceptors (Lipinski definition) is 2. The Balaban J connectivity index is 2.30. The molecular weight excluding hydrogens is 286 g/mol. The van der Waals surface area contributed by atoms with Crippen LogP contribution in [0.15, 0.2) is 16.7 Å². The van der Waals surface area contributed by atoms with Crippen molar-refractivity contribution in [3.05, 3.63) is 22.6 Å². The van der Waals surface area contributed by atoms with Gasteiger partial charge in [-0.2, -0.15) is 0 Å². The maximum absolute atomic E-state index is 13.2. The molecule has 0 bridgehead atoms. The number of amides is 1. The highest BCUT2D eigenvalue weighted by Gasteiger charge is 2.30. The third-order valence-electron chi connectivity index (χ3n) is 2.15. The molecule has 1 aromatic rings. The van der Waals surface area contributed by atoms with Gasteiger partial charge in [-0.1, -0.05) is 0 Å². The second-order valence-corrected chi connectivity index (χ2v) is 4.73. The number of rotatable bonds is 1. The lowest BCUT2D eigenvalue weighted by Gasteiger charge is -2.14. The predicted molar refractivity (Wildman–Crippen MR) is 58.5 cm³/mol. The Morgan fingerprint density at radius 3 is 2.93 bits per heavy atom. The van der Waals surface area contributed by atoms with E-state index in [-0.39, 0.29) is 22.2 Å². The van der Waals surface area contributed by atoms with Crippen molar-refractivity contribution in [3.8, 4) is 0 Å².